The molecular weight excluding hydrogens is 138 g/mol. The number of hydrogen-bond donors (Lipinski definition) is 1. The van der Waals surface area contributed by atoms with Gasteiger partial charge < -0.3 is 14.4 Å². The van der Waals surface area contributed by atoms with Gasteiger partial charge in [0.1, 0.15) is 0 Å². The number of allylic oxidation sites excluding steroid dienone is 1. The molecule has 0 bridgehead atoms. The molecule has 0 saturated heterocycles. The third-order valence-corrected chi connectivity index (χ3v) is 1.01. The first kappa shape index (κ1) is 11.7. The summed E-state index contributed by atoms with van der Waals surface area (Å²) in [5.41, 5.74) is 0. The van der Waals surface area contributed by atoms with Crippen molar-refractivity contribution in [1.82, 2.24) is 0 Å². The Morgan fingerprint density at radius 2 is 2.12 bits per heavy atom. The molecule has 0 fully saturated rings. The first-order chi connectivity index (χ1) is 3.06. The summed E-state index contributed by atoms with van der Waals surface area (Å²) in [5.74, 6) is 0.743. The SMILES string of the molecule is CC=CP(=O)([O-])O.[Na+]. The number of hydrogen-bond acceptors (Lipinski definition) is 2. The summed E-state index contributed by atoms with van der Waals surface area (Å²) in [7, 11) is -4.10. The van der Waals surface area contributed by atoms with Crippen LogP contribution in [0.25, 0.3) is 0 Å². The molecule has 0 aliphatic rings. The van der Waals surface area contributed by atoms with Gasteiger partial charge in [-0.1, -0.05) is 6.08 Å². The van der Waals surface area contributed by atoms with E-state index in [1.807, 2.05) is 0 Å². The Labute approximate surface area is 70.2 Å². The molecule has 1 atom stereocenters. The van der Waals surface area contributed by atoms with E-state index in [0.717, 1.165) is 5.82 Å². The summed E-state index contributed by atoms with van der Waals surface area (Å²) in [6.45, 7) is 1.51. The maximum absolute atomic E-state index is 9.73. The molecule has 1 N–H and O–H groups in total. The van der Waals surface area contributed by atoms with Crippen molar-refractivity contribution in [2.45, 2.75) is 6.92 Å². The van der Waals surface area contributed by atoms with Gasteiger partial charge in [0.05, 0.1) is 0 Å². The Hall–Kier alpha value is 0.890. The van der Waals surface area contributed by atoms with Gasteiger partial charge in [0, 0.05) is 0 Å². The van der Waals surface area contributed by atoms with E-state index in [4.69, 9.17) is 4.89 Å². The van der Waals surface area contributed by atoms with Crippen LogP contribution in [0.5, 0.6) is 0 Å². The maximum atomic E-state index is 9.73. The normalized spacial score (nSPS) is 17.4. The zero-order chi connectivity index (χ0) is 5.91. The van der Waals surface area contributed by atoms with Crippen LogP contribution in [0, 0.1) is 0 Å². The van der Waals surface area contributed by atoms with Crippen LogP contribution in [-0.4, -0.2) is 4.89 Å². The predicted octanol–water partition coefficient (Wildman–Crippen LogP) is -2.93. The first-order valence-electron chi connectivity index (χ1n) is 1.73. The second kappa shape index (κ2) is 4.74. The molecule has 0 saturated carbocycles. The van der Waals surface area contributed by atoms with Gasteiger partial charge in [-0.2, -0.15) is 0 Å². The molecule has 0 spiro atoms. The van der Waals surface area contributed by atoms with Gasteiger partial charge >= 0.3 is 29.6 Å². The van der Waals surface area contributed by atoms with E-state index in [2.05, 4.69) is 0 Å². The number of rotatable bonds is 1. The van der Waals surface area contributed by atoms with Gasteiger partial charge in [0.25, 0.3) is 0 Å². The summed E-state index contributed by atoms with van der Waals surface area (Å²) in [4.78, 5) is 17.7. The van der Waals surface area contributed by atoms with E-state index >= 15 is 0 Å². The van der Waals surface area contributed by atoms with Crippen LogP contribution in [0.3, 0.4) is 0 Å². The average molecular weight is 144 g/mol. The molecule has 0 radical (unpaired) electrons. The Balaban J connectivity index is 0. The van der Waals surface area contributed by atoms with E-state index in [-0.39, 0.29) is 29.6 Å². The van der Waals surface area contributed by atoms with Crippen molar-refractivity contribution in [1.29, 1.82) is 0 Å². The van der Waals surface area contributed by atoms with Gasteiger partial charge in [-0.25, -0.2) is 0 Å². The van der Waals surface area contributed by atoms with Crippen LogP contribution in [0.2, 0.25) is 0 Å². The maximum Gasteiger partial charge on any atom is 1.00 e. The Morgan fingerprint density at radius 3 is 2.12 bits per heavy atom. The van der Waals surface area contributed by atoms with Gasteiger partial charge in [0.2, 0.25) is 0 Å². The molecule has 0 aromatic heterocycles. The fraction of sp³-hybridized carbons (Fsp3) is 0.333. The van der Waals surface area contributed by atoms with Crippen LogP contribution in [-0.2, 0) is 4.57 Å². The van der Waals surface area contributed by atoms with Crippen molar-refractivity contribution in [2.24, 2.45) is 0 Å². The molecular formula is C3H6NaO3P. The summed E-state index contributed by atoms with van der Waals surface area (Å²) in [6.07, 6.45) is 1.26. The molecule has 8 heavy (non-hydrogen) atoms. The Morgan fingerprint density at radius 1 is 1.75 bits per heavy atom. The minimum absolute atomic E-state index is 0. The zero-order valence-corrected chi connectivity index (χ0v) is 7.76. The molecule has 0 heterocycles. The second-order valence-electron chi connectivity index (χ2n) is 1.05. The van der Waals surface area contributed by atoms with Crippen molar-refractivity contribution < 1.29 is 43.9 Å². The zero-order valence-electron chi connectivity index (χ0n) is 4.87. The topological polar surface area (TPSA) is 60.4 Å². The molecule has 0 amide bonds. The van der Waals surface area contributed by atoms with E-state index in [0.29, 0.717) is 0 Å². The van der Waals surface area contributed by atoms with E-state index < -0.39 is 7.60 Å². The molecule has 1 unspecified atom stereocenters. The van der Waals surface area contributed by atoms with E-state index in [1.54, 1.807) is 0 Å². The van der Waals surface area contributed by atoms with E-state index in [9.17, 15) is 9.46 Å². The van der Waals surface area contributed by atoms with Crippen molar-refractivity contribution in [3.8, 4) is 0 Å². The van der Waals surface area contributed by atoms with Gasteiger partial charge in [-0.15, -0.1) is 0 Å². The fourth-order valence-corrected chi connectivity index (χ4v) is 0.565. The molecule has 0 rings (SSSR count). The molecule has 0 aromatic carbocycles. The van der Waals surface area contributed by atoms with Crippen LogP contribution < -0.4 is 34.5 Å². The quantitative estimate of drug-likeness (QED) is 0.316. The van der Waals surface area contributed by atoms with Gasteiger partial charge in [-0.3, -0.25) is 0 Å². The predicted molar refractivity (Wildman–Crippen MR) is 24.6 cm³/mol. The van der Waals surface area contributed by atoms with E-state index in [1.165, 1.54) is 13.0 Å². The Bertz CT molecular complexity index is 116. The largest absolute Gasteiger partial charge is 1.00 e. The van der Waals surface area contributed by atoms with Crippen LogP contribution in [0.1, 0.15) is 6.92 Å². The summed E-state index contributed by atoms with van der Waals surface area (Å²) in [6, 6.07) is 0. The monoisotopic (exact) mass is 144 g/mol. The third kappa shape index (κ3) is 10.00. The smallest absolute Gasteiger partial charge is 0.776 e. The molecule has 3 nitrogen and oxygen atoms in total. The molecule has 0 aliphatic carbocycles. The fourth-order valence-electron chi connectivity index (χ4n) is 0.188. The third-order valence-electron chi connectivity index (χ3n) is 0.337. The van der Waals surface area contributed by atoms with Crippen molar-refractivity contribution in [3.05, 3.63) is 11.9 Å². The second-order valence-corrected chi connectivity index (χ2v) is 2.47. The minimum atomic E-state index is -4.10. The van der Waals surface area contributed by atoms with Crippen LogP contribution in [0.15, 0.2) is 11.9 Å². The van der Waals surface area contributed by atoms with Gasteiger partial charge in [0.15, 0.2) is 7.60 Å². The average Bonchev–Trinajstić information content (AvgIpc) is 1.30. The van der Waals surface area contributed by atoms with Gasteiger partial charge in [-0.05, 0) is 12.7 Å². The van der Waals surface area contributed by atoms with Crippen molar-refractivity contribution >= 4 is 7.60 Å². The van der Waals surface area contributed by atoms with Crippen LogP contribution >= 0.6 is 7.60 Å². The van der Waals surface area contributed by atoms with Crippen molar-refractivity contribution in [2.75, 3.05) is 0 Å². The first-order valence-corrected chi connectivity index (χ1v) is 3.38. The Kier molecular flexibility index (Phi) is 6.91. The summed E-state index contributed by atoms with van der Waals surface area (Å²) >= 11 is 0. The van der Waals surface area contributed by atoms with Crippen molar-refractivity contribution in [3.63, 3.8) is 0 Å². The summed E-state index contributed by atoms with van der Waals surface area (Å²) < 4.78 is 9.73. The molecule has 0 aromatic rings. The minimum Gasteiger partial charge on any atom is -0.776 e. The summed E-state index contributed by atoms with van der Waals surface area (Å²) in [5, 5.41) is 0. The molecule has 42 valence electrons. The molecule has 5 heteroatoms. The molecule has 0 aliphatic heterocycles. The van der Waals surface area contributed by atoms with Crippen LogP contribution in [0.4, 0.5) is 0 Å². The standard InChI is InChI=1S/C3H7O3P.Na/c1-2-3-7(4,5)6;/h2-3H,1H3,(H2,4,5,6);/q;+1/p-1.